The molecule has 0 atom stereocenters. The maximum Gasteiger partial charge on any atom is 0.159 e. The van der Waals surface area contributed by atoms with Crippen molar-refractivity contribution in [2.24, 2.45) is 0 Å². The van der Waals surface area contributed by atoms with Crippen molar-refractivity contribution in [3.8, 4) is 11.1 Å². The summed E-state index contributed by atoms with van der Waals surface area (Å²) in [6, 6.07) is 16.8. The first-order valence-electron chi connectivity index (χ1n) is 8.22. The Morgan fingerprint density at radius 1 is 0.909 bits per heavy atom. The van der Waals surface area contributed by atoms with E-state index >= 15 is 0 Å². The van der Waals surface area contributed by atoms with Crippen LogP contribution in [0.25, 0.3) is 11.1 Å². The first-order chi connectivity index (χ1) is 10.7. The number of halogens is 2. The summed E-state index contributed by atoms with van der Waals surface area (Å²) in [5.74, 6) is -0.893. The maximum absolute atomic E-state index is 13.3. The van der Waals surface area contributed by atoms with E-state index in [-0.39, 0.29) is 0 Å². The Labute approximate surface area is 132 Å². The standard InChI is InChI=1S/C19H22F2Si/c1-2-22-11-9-16(10-12-22)14-3-5-15(6-4-14)17-7-8-18(20)19(21)13-17/h3-8,13,16,22H,2,9-12H2,1H3/t16-,22-. The van der Waals surface area contributed by atoms with Crippen LogP contribution in [0.15, 0.2) is 42.5 Å². The third kappa shape index (κ3) is 3.30. The minimum atomic E-state index is -0.794. The third-order valence-electron chi connectivity index (χ3n) is 5.06. The normalized spacial score (nSPS) is 21.8. The van der Waals surface area contributed by atoms with E-state index in [2.05, 4.69) is 19.1 Å². The molecule has 1 heterocycles. The Kier molecular flexibility index (Phi) is 4.72. The Bertz CT molecular complexity index is 628. The molecule has 1 saturated heterocycles. The summed E-state index contributed by atoms with van der Waals surface area (Å²) < 4.78 is 26.3. The van der Waals surface area contributed by atoms with Gasteiger partial charge in [-0.05, 0) is 47.6 Å². The average Bonchev–Trinajstić information content (AvgIpc) is 2.58. The molecule has 0 radical (unpaired) electrons. The monoisotopic (exact) mass is 316 g/mol. The van der Waals surface area contributed by atoms with E-state index in [1.165, 1.54) is 48.7 Å². The van der Waals surface area contributed by atoms with E-state index in [1.54, 1.807) is 6.07 Å². The molecule has 3 rings (SSSR count). The van der Waals surface area contributed by atoms with Gasteiger partial charge in [0.05, 0.1) is 0 Å². The van der Waals surface area contributed by atoms with Crippen LogP contribution < -0.4 is 0 Å². The van der Waals surface area contributed by atoms with Crippen molar-refractivity contribution in [3.63, 3.8) is 0 Å². The smallest absolute Gasteiger partial charge is 0.159 e. The van der Waals surface area contributed by atoms with E-state index in [9.17, 15) is 8.78 Å². The first-order valence-corrected chi connectivity index (χ1v) is 10.7. The van der Waals surface area contributed by atoms with Crippen LogP contribution in [0.5, 0.6) is 0 Å². The van der Waals surface area contributed by atoms with Crippen LogP contribution in [-0.2, 0) is 0 Å². The minimum absolute atomic E-state index is 0.414. The SMILES string of the molecule is CC[Si@H]1CC[C@H](c2ccc(-c3ccc(F)c(F)c3)cc2)CC1. The zero-order valence-corrected chi connectivity index (χ0v) is 14.1. The highest BCUT2D eigenvalue weighted by molar-refractivity contribution is 6.58. The van der Waals surface area contributed by atoms with Gasteiger partial charge in [0, 0.05) is 8.80 Å². The molecule has 0 saturated carbocycles. The van der Waals surface area contributed by atoms with E-state index in [0.717, 1.165) is 11.1 Å². The summed E-state index contributed by atoms with van der Waals surface area (Å²) in [6.07, 6.45) is 2.66. The lowest BCUT2D eigenvalue weighted by molar-refractivity contribution is 0.509. The molecule has 1 aliphatic heterocycles. The Hall–Kier alpha value is -1.48. The van der Waals surface area contributed by atoms with Crippen molar-refractivity contribution in [1.29, 1.82) is 0 Å². The molecule has 22 heavy (non-hydrogen) atoms. The second-order valence-corrected chi connectivity index (χ2v) is 10.1. The Morgan fingerprint density at radius 2 is 1.55 bits per heavy atom. The van der Waals surface area contributed by atoms with Crippen molar-refractivity contribution in [2.45, 2.75) is 43.8 Å². The van der Waals surface area contributed by atoms with Gasteiger partial charge in [-0.15, -0.1) is 0 Å². The van der Waals surface area contributed by atoms with Gasteiger partial charge in [-0.3, -0.25) is 0 Å². The van der Waals surface area contributed by atoms with Gasteiger partial charge in [-0.25, -0.2) is 8.78 Å². The van der Waals surface area contributed by atoms with Gasteiger partial charge in [0.15, 0.2) is 11.6 Å². The predicted molar refractivity (Wildman–Crippen MR) is 91.0 cm³/mol. The van der Waals surface area contributed by atoms with Crippen molar-refractivity contribution < 1.29 is 8.78 Å². The maximum atomic E-state index is 13.3. The van der Waals surface area contributed by atoms with Crippen LogP contribution in [0.3, 0.4) is 0 Å². The highest BCUT2D eigenvalue weighted by Crippen LogP contribution is 2.35. The second kappa shape index (κ2) is 6.74. The van der Waals surface area contributed by atoms with Gasteiger partial charge >= 0.3 is 0 Å². The quantitative estimate of drug-likeness (QED) is 0.632. The Balaban J connectivity index is 1.74. The molecule has 1 fully saturated rings. The molecule has 0 aliphatic carbocycles. The summed E-state index contributed by atoms with van der Waals surface area (Å²) in [6.45, 7) is 2.34. The fourth-order valence-electron chi connectivity index (χ4n) is 3.53. The van der Waals surface area contributed by atoms with Crippen molar-refractivity contribution in [2.75, 3.05) is 0 Å². The van der Waals surface area contributed by atoms with Crippen LogP contribution >= 0.6 is 0 Å². The zero-order chi connectivity index (χ0) is 15.5. The topological polar surface area (TPSA) is 0 Å². The van der Waals surface area contributed by atoms with E-state index in [1.807, 2.05) is 12.1 Å². The molecule has 0 spiro atoms. The summed E-state index contributed by atoms with van der Waals surface area (Å²) in [4.78, 5) is 0. The molecule has 0 unspecified atom stereocenters. The number of rotatable bonds is 3. The summed E-state index contributed by atoms with van der Waals surface area (Å²) in [5.41, 5.74) is 3.07. The molecular formula is C19H22F2Si. The lowest BCUT2D eigenvalue weighted by Crippen LogP contribution is -2.19. The van der Waals surface area contributed by atoms with Crippen molar-refractivity contribution in [1.82, 2.24) is 0 Å². The number of hydrogen-bond acceptors (Lipinski definition) is 0. The van der Waals surface area contributed by atoms with Crippen LogP contribution in [0.1, 0.15) is 31.2 Å². The molecular weight excluding hydrogens is 294 g/mol. The highest BCUT2D eigenvalue weighted by atomic mass is 28.3. The molecule has 0 N–H and O–H groups in total. The largest absolute Gasteiger partial charge is 0.204 e. The van der Waals surface area contributed by atoms with Gasteiger partial charge in [0.2, 0.25) is 0 Å². The lowest BCUT2D eigenvalue weighted by atomic mass is 9.92. The molecule has 2 aromatic carbocycles. The van der Waals surface area contributed by atoms with Crippen LogP contribution in [0.4, 0.5) is 8.78 Å². The van der Waals surface area contributed by atoms with Gasteiger partial charge in [0.1, 0.15) is 0 Å². The van der Waals surface area contributed by atoms with Gasteiger partial charge in [-0.2, -0.15) is 0 Å². The zero-order valence-electron chi connectivity index (χ0n) is 13.0. The van der Waals surface area contributed by atoms with Gasteiger partial charge in [0.25, 0.3) is 0 Å². The molecule has 116 valence electrons. The van der Waals surface area contributed by atoms with Gasteiger partial charge in [-0.1, -0.05) is 55.4 Å². The summed E-state index contributed by atoms with van der Waals surface area (Å²) in [7, 11) is -0.414. The van der Waals surface area contributed by atoms with Crippen LogP contribution in [-0.4, -0.2) is 8.80 Å². The number of benzene rings is 2. The third-order valence-corrected chi connectivity index (χ3v) is 8.51. The molecule has 3 heteroatoms. The van der Waals surface area contributed by atoms with Crippen molar-refractivity contribution in [3.05, 3.63) is 59.7 Å². The Morgan fingerprint density at radius 3 is 2.14 bits per heavy atom. The second-order valence-electron chi connectivity index (χ2n) is 6.38. The number of hydrogen-bond donors (Lipinski definition) is 0. The first kappa shape index (κ1) is 15.4. The fourth-order valence-corrected chi connectivity index (χ4v) is 6.38. The molecule has 2 aromatic rings. The van der Waals surface area contributed by atoms with E-state index in [0.29, 0.717) is 5.92 Å². The average molecular weight is 316 g/mol. The molecule has 0 nitrogen and oxygen atoms in total. The molecule has 0 bridgehead atoms. The van der Waals surface area contributed by atoms with E-state index in [4.69, 9.17) is 0 Å². The summed E-state index contributed by atoms with van der Waals surface area (Å²) in [5, 5.41) is 0. The fraction of sp³-hybridized carbons (Fsp3) is 0.368. The summed E-state index contributed by atoms with van der Waals surface area (Å²) >= 11 is 0. The molecule has 0 amide bonds. The molecule has 1 aliphatic rings. The van der Waals surface area contributed by atoms with E-state index < -0.39 is 20.4 Å². The van der Waals surface area contributed by atoms with Gasteiger partial charge < -0.3 is 0 Å². The highest BCUT2D eigenvalue weighted by Gasteiger charge is 2.22. The lowest BCUT2D eigenvalue weighted by Gasteiger charge is -2.27. The van der Waals surface area contributed by atoms with Crippen molar-refractivity contribution >= 4 is 8.80 Å². The predicted octanol–water partition coefficient (Wildman–Crippen LogP) is 5.76. The van der Waals surface area contributed by atoms with Crippen LogP contribution in [0, 0.1) is 11.6 Å². The van der Waals surface area contributed by atoms with Crippen LogP contribution in [0.2, 0.25) is 18.1 Å². The minimum Gasteiger partial charge on any atom is -0.204 e. The molecule has 0 aromatic heterocycles.